The molecule has 41 heavy (non-hydrogen) atoms. The molecule has 2 aromatic carbocycles. The van der Waals surface area contributed by atoms with Crippen LogP contribution >= 0.6 is 0 Å². The predicted molar refractivity (Wildman–Crippen MR) is 189 cm³/mol. The number of hydrogen-bond donors (Lipinski definition) is 0. The molecule has 0 aliphatic carbocycles. The molecule has 0 saturated carbocycles. The van der Waals surface area contributed by atoms with Crippen LogP contribution in [0.3, 0.4) is 0 Å². The van der Waals surface area contributed by atoms with Gasteiger partial charge in [-0.15, -0.1) is 5.69 Å². The Kier molecular flexibility index (Phi) is 16.4. The molecule has 0 saturated heterocycles. The van der Waals surface area contributed by atoms with Crippen LogP contribution < -0.4 is 0 Å². The normalized spacial score (nSPS) is 13.0. The standard InChI is InChI=1S/C29H41N2.C6H18NSi2.Co/c1-18(2)24-13-11-14-25(19(3)4)28(24)30-22(9)17-23(10)31-29-26(20(5)6)15-12-16-27(29)21(7)8;1-8(2,3)7-9(4,5)6;/h11-21H,1-10H3;1-6H3;/q2*-1;+2/b22-17-,31-23?;;. The van der Waals surface area contributed by atoms with Crippen molar-refractivity contribution in [2.45, 2.75) is 132 Å². The average Bonchev–Trinajstić information content (AvgIpc) is 2.76. The molecule has 6 heteroatoms. The zero-order valence-electron chi connectivity index (χ0n) is 29.0. The smallest absolute Gasteiger partial charge is 0.668 e. The zero-order valence-corrected chi connectivity index (χ0v) is 32.1. The molecule has 0 aliphatic heterocycles. The second kappa shape index (κ2) is 17.0. The first-order chi connectivity index (χ1) is 18.2. The van der Waals surface area contributed by atoms with Crippen molar-refractivity contribution in [3.05, 3.63) is 80.4 Å². The van der Waals surface area contributed by atoms with Crippen LogP contribution in [0.15, 0.2) is 53.2 Å². The van der Waals surface area contributed by atoms with E-state index in [1.54, 1.807) is 0 Å². The van der Waals surface area contributed by atoms with Gasteiger partial charge in [0.05, 0.1) is 5.69 Å². The molecular formula is C35H59CoN3Si2. The van der Waals surface area contributed by atoms with Gasteiger partial charge in [0.25, 0.3) is 0 Å². The van der Waals surface area contributed by atoms with Gasteiger partial charge >= 0.3 is 16.8 Å². The molecule has 0 bridgehead atoms. The van der Waals surface area contributed by atoms with E-state index >= 15 is 0 Å². The minimum absolute atomic E-state index is 0. The quantitative estimate of drug-likeness (QED) is 0.184. The van der Waals surface area contributed by atoms with E-state index in [0.29, 0.717) is 23.7 Å². The molecule has 0 heterocycles. The van der Waals surface area contributed by atoms with Gasteiger partial charge in [0.15, 0.2) is 0 Å². The molecular weight excluding hydrogens is 578 g/mol. The molecule has 231 valence electrons. The minimum Gasteiger partial charge on any atom is -0.668 e. The first kappa shape index (κ1) is 39.6. The molecule has 1 radical (unpaired) electrons. The Morgan fingerprint density at radius 3 is 1.27 bits per heavy atom. The van der Waals surface area contributed by atoms with Crippen molar-refractivity contribution in [1.29, 1.82) is 0 Å². The molecule has 2 rings (SSSR count). The summed E-state index contributed by atoms with van der Waals surface area (Å²) < 4.78 is 4.82. The van der Waals surface area contributed by atoms with Crippen molar-refractivity contribution in [2.24, 2.45) is 4.99 Å². The van der Waals surface area contributed by atoms with E-state index in [-0.39, 0.29) is 16.8 Å². The van der Waals surface area contributed by atoms with Gasteiger partial charge in [0.1, 0.15) is 0 Å². The summed E-state index contributed by atoms with van der Waals surface area (Å²) in [7, 11) is -2.21. The first-order valence-electron chi connectivity index (χ1n) is 15.2. The molecule has 3 nitrogen and oxygen atoms in total. The molecule has 0 unspecified atom stereocenters. The Hall–Kier alpha value is -1.45. The van der Waals surface area contributed by atoms with Crippen molar-refractivity contribution in [1.82, 2.24) is 0 Å². The summed E-state index contributed by atoms with van der Waals surface area (Å²) in [6, 6.07) is 13.1. The van der Waals surface area contributed by atoms with Crippen LogP contribution in [0.5, 0.6) is 0 Å². The van der Waals surface area contributed by atoms with E-state index in [9.17, 15) is 0 Å². The number of allylic oxidation sites excluding steroid dienone is 2. The molecule has 0 N–H and O–H groups in total. The molecule has 0 spiro atoms. The number of aliphatic imine (C=N–C) groups is 1. The summed E-state index contributed by atoms with van der Waals surface area (Å²) in [5, 5.41) is 5.08. The zero-order chi connectivity index (χ0) is 31.0. The monoisotopic (exact) mass is 636 g/mol. The van der Waals surface area contributed by atoms with Gasteiger partial charge in [0, 0.05) is 5.71 Å². The maximum Gasteiger partial charge on any atom is 2.00 e. The summed E-state index contributed by atoms with van der Waals surface area (Å²) in [5.41, 5.74) is 9.45. The van der Waals surface area contributed by atoms with Crippen LogP contribution in [-0.4, -0.2) is 22.2 Å². The van der Waals surface area contributed by atoms with E-state index < -0.39 is 16.5 Å². The fourth-order valence-corrected chi connectivity index (χ4v) is 13.1. The molecule has 0 atom stereocenters. The van der Waals surface area contributed by atoms with E-state index in [1.807, 2.05) is 0 Å². The fraction of sp³-hybridized carbons (Fsp3) is 0.571. The van der Waals surface area contributed by atoms with Crippen molar-refractivity contribution in [3.8, 4) is 0 Å². The van der Waals surface area contributed by atoms with Crippen LogP contribution in [0.4, 0.5) is 11.4 Å². The number of rotatable bonds is 10. The number of benzene rings is 2. The van der Waals surface area contributed by atoms with Gasteiger partial charge < -0.3 is 9.96 Å². The number of para-hydroxylation sites is 2. The van der Waals surface area contributed by atoms with Crippen LogP contribution in [0.2, 0.25) is 39.3 Å². The van der Waals surface area contributed by atoms with E-state index in [2.05, 4.69) is 151 Å². The Morgan fingerprint density at radius 2 is 0.976 bits per heavy atom. The predicted octanol–water partition coefficient (Wildman–Crippen LogP) is 12.9. The van der Waals surface area contributed by atoms with E-state index in [4.69, 9.17) is 15.0 Å². The van der Waals surface area contributed by atoms with Crippen LogP contribution in [0.1, 0.15) is 115 Å². The Balaban J connectivity index is 0.00000138. The third kappa shape index (κ3) is 14.0. The SMILES string of the molecule is CC(/C=C(/C)[N-]c1c(C(C)C)cccc1C(C)C)=Nc1c(C(C)C)cccc1C(C)C.C[Si](C)(C)[N-][Si](C)(C)C.[Co+2]. The van der Waals surface area contributed by atoms with Gasteiger partial charge in [-0.1, -0.05) is 172 Å². The average molecular weight is 637 g/mol. The van der Waals surface area contributed by atoms with Crippen molar-refractivity contribution < 1.29 is 16.8 Å². The number of hydrogen-bond acceptors (Lipinski definition) is 1. The van der Waals surface area contributed by atoms with Crippen LogP contribution in [0, 0.1) is 0 Å². The Morgan fingerprint density at radius 1 is 0.634 bits per heavy atom. The molecule has 0 aliphatic rings. The summed E-state index contributed by atoms with van der Waals surface area (Å²) in [4.78, 5) is 5.08. The third-order valence-corrected chi connectivity index (χ3v) is 11.7. The fourth-order valence-electron chi connectivity index (χ4n) is 5.01. The van der Waals surface area contributed by atoms with Crippen molar-refractivity contribution in [3.63, 3.8) is 0 Å². The van der Waals surface area contributed by atoms with E-state index in [0.717, 1.165) is 22.8 Å². The van der Waals surface area contributed by atoms with Gasteiger partial charge in [0.2, 0.25) is 0 Å². The third-order valence-electron chi connectivity index (χ3n) is 6.35. The van der Waals surface area contributed by atoms with Gasteiger partial charge in [-0.3, -0.25) is 4.99 Å². The molecule has 0 aromatic heterocycles. The summed E-state index contributed by atoms with van der Waals surface area (Å²) in [5.74, 6) is 1.75. The maximum absolute atomic E-state index is 5.08. The van der Waals surface area contributed by atoms with Gasteiger partial charge in [-0.2, -0.15) is 5.70 Å². The first-order valence-corrected chi connectivity index (χ1v) is 22.1. The largest absolute Gasteiger partial charge is 2.00 e. The van der Waals surface area contributed by atoms with Crippen molar-refractivity contribution in [2.75, 3.05) is 0 Å². The second-order valence-corrected chi connectivity index (χ2v) is 23.9. The van der Waals surface area contributed by atoms with E-state index in [1.165, 1.54) is 22.3 Å². The topological polar surface area (TPSA) is 40.6 Å². The Labute approximate surface area is 266 Å². The molecule has 2 aromatic rings. The summed E-state index contributed by atoms with van der Waals surface area (Å²) in [6.45, 7) is 35.8. The van der Waals surface area contributed by atoms with Crippen LogP contribution in [-0.2, 0) is 16.8 Å². The second-order valence-electron chi connectivity index (χ2n) is 14.3. The summed E-state index contributed by atoms with van der Waals surface area (Å²) >= 11 is 0. The molecule has 0 fully saturated rings. The maximum atomic E-state index is 5.08. The Bertz CT molecular complexity index is 1090. The van der Waals surface area contributed by atoms with Crippen LogP contribution in [0.25, 0.3) is 9.96 Å². The molecule has 0 amide bonds. The van der Waals surface area contributed by atoms with Crippen molar-refractivity contribution >= 4 is 33.6 Å². The van der Waals surface area contributed by atoms with Gasteiger partial charge in [-0.05, 0) is 41.7 Å². The van der Waals surface area contributed by atoms with Gasteiger partial charge in [-0.25, -0.2) is 0 Å². The summed E-state index contributed by atoms with van der Waals surface area (Å²) in [6.07, 6.45) is 2.11. The number of nitrogens with zero attached hydrogens (tertiary/aromatic N) is 3. The minimum atomic E-state index is -1.11.